The van der Waals surface area contributed by atoms with Gasteiger partial charge in [0, 0.05) is 6.42 Å². The van der Waals surface area contributed by atoms with Crippen LogP contribution in [0.2, 0.25) is 11.6 Å². The highest BCUT2D eigenvalue weighted by Crippen LogP contribution is 2.47. The lowest BCUT2D eigenvalue weighted by Crippen LogP contribution is -2.50. The fraction of sp³-hybridized carbons (Fsp3) is 0.429. The van der Waals surface area contributed by atoms with E-state index in [1.165, 1.54) is 14.2 Å². The first-order valence-corrected chi connectivity index (χ1v) is 16.6. The number of benzene rings is 2. The first-order chi connectivity index (χ1) is 18.4. The average Bonchev–Trinajstić information content (AvgIpc) is 2.93. The molecule has 0 aliphatic carbocycles. The Hall–Kier alpha value is -2.59. The van der Waals surface area contributed by atoms with Gasteiger partial charge in [0.1, 0.15) is 12.1 Å². The van der Waals surface area contributed by atoms with Gasteiger partial charge in [0.15, 0.2) is 0 Å². The molecule has 2 aromatic carbocycles. The number of nitrogens with one attached hydrogen (secondary N) is 1. The van der Waals surface area contributed by atoms with Crippen LogP contribution < -0.4 is 5.09 Å². The summed E-state index contributed by atoms with van der Waals surface area (Å²) in [5, 5.41) is 2.39. The maximum atomic E-state index is 14.0. The monoisotopic (exact) mass is 577 g/mol. The Morgan fingerprint density at radius 2 is 1.38 bits per heavy atom. The molecule has 0 radical (unpaired) electrons. The van der Waals surface area contributed by atoms with Crippen LogP contribution in [0.1, 0.15) is 38.3 Å². The number of esters is 2. The molecule has 3 atom stereocenters. The van der Waals surface area contributed by atoms with E-state index < -0.39 is 40.1 Å². The van der Waals surface area contributed by atoms with E-state index in [1.54, 1.807) is 5.70 Å². The van der Waals surface area contributed by atoms with Gasteiger partial charge in [-0.15, -0.1) is 6.58 Å². The van der Waals surface area contributed by atoms with Crippen molar-refractivity contribution in [2.45, 2.75) is 64.1 Å². The Balaban J connectivity index is 2.36. The number of carbonyl (C=O) groups is 2. The fourth-order valence-corrected chi connectivity index (χ4v) is 6.78. The van der Waals surface area contributed by atoms with Crippen molar-refractivity contribution in [1.29, 1.82) is 0 Å². The summed E-state index contributed by atoms with van der Waals surface area (Å²) in [4.78, 5) is 25.7. The molecule has 0 spiro atoms. The third kappa shape index (κ3) is 9.83. The molecule has 1 N–H and O–H groups in total. The van der Waals surface area contributed by atoms with Gasteiger partial charge in [0.2, 0.25) is 8.32 Å². The summed E-state index contributed by atoms with van der Waals surface area (Å²) in [6.45, 7) is 11.7. The second-order valence-corrected chi connectivity index (χ2v) is 16.3. The maximum absolute atomic E-state index is 14.0. The van der Waals surface area contributed by atoms with Crippen LogP contribution in [0.15, 0.2) is 72.9 Å². The molecule has 0 bridgehead atoms. The summed E-state index contributed by atoms with van der Waals surface area (Å²) in [5.41, 5.74) is 3.25. The van der Waals surface area contributed by atoms with E-state index in [9.17, 15) is 14.2 Å². The van der Waals surface area contributed by atoms with E-state index in [1.807, 2.05) is 88.0 Å². The number of rotatable bonds is 15. The zero-order chi connectivity index (χ0) is 29.1. The van der Waals surface area contributed by atoms with Crippen LogP contribution in [-0.4, -0.2) is 46.6 Å². The Morgan fingerprint density at radius 1 is 0.923 bits per heavy atom. The molecule has 2 aromatic rings. The highest BCUT2D eigenvalue weighted by atomic mass is 31.2. The highest BCUT2D eigenvalue weighted by Gasteiger charge is 2.45. The zero-order valence-corrected chi connectivity index (χ0v) is 25.4. The molecule has 0 saturated heterocycles. The van der Waals surface area contributed by atoms with E-state index in [4.69, 9.17) is 22.9 Å². The molecule has 39 heavy (non-hydrogen) atoms. The molecule has 0 amide bonds. The number of carbonyl (C=O) groups excluding carboxylic acids is 2. The first-order valence-electron chi connectivity index (χ1n) is 12.6. The lowest BCUT2D eigenvalue weighted by Gasteiger charge is -2.39. The SMILES string of the molecule is C=C[Si](C)(OC(CC(NP(=O)(OCc1ccccc1)OCc1ccccc1)C(=O)OC)C(=O)OC)C(C)(C)C. The normalized spacial score (nSPS) is 15.0. The second-order valence-electron chi connectivity index (χ2n) is 10.1. The Bertz CT molecular complexity index is 1080. The van der Waals surface area contributed by atoms with E-state index in [0.29, 0.717) is 0 Å². The average molecular weight is 578 g/mol. The minimum Gasteiger partial charge on any atom is -0.468 e. The molecule has 0 aliphatic rings. The molecule has 11 heteroatoms. The van der Waals surface area contributed by atoms with Crippen molar-refractivity contribution in [2.75, 3.05) is 14.2 Å². The quantitative estimate of drug-likeness (QED) is 0.162. The predicted molar refractivity (Wildman–Crippen MR) is 152 cm³/mol. The van der Waals surface area contributed by atoms with Gasteiger partial charge >= 0.3 is 19.7 Å². The van der Waals surface area contributed by atoms with Gasteiger partial charge in [-0.05, 0) is 22.7 Å². The van der Waals surface area contributed by atoms with E-state index in [0.717, 1.165) is 11.1 Å². The number of methoxy groups -OCH3 is 2. The number of ether oxygens (including phenoxy) is 2. The summed E-state index contributed by atoms with van der Waals surface area (Å²) in [7, 11) is -4.40. The van der Waals surface area contributed by atoms with Crippen LogP contribution in [0.4, 0.5) is 0 Å². The first kappa shape index (κ1) is 32.6. The molecule has 0 aromatic heterocycles. The fourth-order valence-electron chi connectivity index (χ4n) is 3.48. The van der Waals surface area contributed by atoms with Crippen molar-refractivity contribution in [3.05, 3.63) is 84.1 Å². The molecule has 0 fully saturated rings. The molecule has 0 saturated carbocycles. The van der Waals surface area contributed by atoms with E-state index in [2.05, 4.69) is 11.7 Å². The summed E-state index contributed by atoms with van der Waals surface area (Å²) in [5.74, 6) is -1.45. The van der Waals surface area contributed by atoms with Crippen LogP contribution in [0.25, 0.3) is 0 Å². The van der Waals surface area contributed by atoms with Crippen LogP contribution in [-0.2, 0) is 50.3 Å². The van der Waals surface area contributed by atoms with Crippen LogP contribution in [0.5, 0.6) is 0 Å². The third-order valence-electron chi connectivity index (χ3n) is 6.47. The van der Waals surface area contributed by atoms with Crippen molar-refractivity contribution in [3.8, 4) is 0 Å². The van der Waals surface area contributed by atoms with Crippen molar-refractivity contribution in [1.82, 2.24) is 5.09 Å². The second kappa shape index (κ2) is 14.7. The summed E-state index contributed by atoms with van der Waals surface area (Å²) >= 11 is 0. The van der Waals surface area contributed by atoms with Crippen LogP contribution in [0.3, 0.4) is 0 Å². The lowest BCUT2D eigenvalue weighted by molar-refractivity contribution is -0.151. The molecule has 3 unspecified atom stereocenters. The maximum Gasteiger partial charge on any atom is 0.406 e. The lowest BCUT2D eigenvalue weighted by atomic mass is 10.1. The molecular weight excluding hydrogens is 537 g/mol. The van der Waals surface area contributed by atoms with Gasteiger partial charge in [-0.2, -0.15) is 0 Å². The van der Waals surface area contributed by atoms with Gasteiger partial charge in [0.05, 0.1) is 27.4 Å². The highest BCUT2D eigenvalue weighted by molar-refractivity contribution is 7.51. The third-order valence-corrected chi connectivity index (χ3v) is 12.6. The molecule has 2 rings (SSSR count). The summed E-state index contributed by atoms with van der Waals surface area (Å²) in [6.07, 6.45) is -1.41. The molecule has 0 aliphatic heterocycles. The number of hydrogen-bond donors (Lipinski definition) is 1. The van der Waals surface area contributed by atoms with Gasteiger partial charge in [-0.25, -0.2) is 14.4 Å². The van der Waals surface area contributed by atoms with Gasteiger partial charge in [-0.1, -0.05) is 87.1 Å². The smallest absolute Gasteiger partial charge is 0.406 e. The molecule has 214 valence electrons. The molecule has 0 heterocycles. The summed E-state index contributed by atoms with van der Waals surface area (Å²) < 4.78 is 41.8. The predicted octanol–water partition coefficient (Wildman–Crippen LogP) is 5.71. The zero-order valence-electron chi connectivity index (χ0n) is 23.5. The topological polar surface area (TPSA) is 109 Å². The van der Waals surface area contributed by atoms with Crippen molar-refractivity contribution in [3.63, 3.8) is 0 Å². The van der Waals surface area contributed by atoms with Crippen LogP contribution in [0, 0.1) is 0 Å². The Morgan fingerprint density at radius 3 is 1.77 bits per heavy atom. The number of hydrogen-bond acceptors (Lipinski definition) is 8. The summed E-state index contributed by atoms with van der Waals surface area (Å²) in [6, 6.07) is 17.0. The largest absolute Gasteiger partial charge is 0.468 e. The Kier molecular flexibility index (Phi) is 12.3. The van der Waals surface area contributed by atoms with Crippen molar-refractivity contribution < 1.29 is 37.1 Å². The van der Waals surface area contributed by atoms with E-state index in [-0.39, 0.29) is 24.7 Å². The molecular formula is C28H40NO8PSi. The van der Waals surface area contributed by atoms with E-state index >= 15 is 0 Å². The van der Waals surface area contributed by atoms with Gasteiger partial charge in [-0.3, -0.25) is 13.8 Å². The minimum absolute atomic E-state index is 0.0454. The Labute approximate surface area is 232 Å². The van der Waals surface area contributed by atoms with Gasteiger partial charge in [0.25, 0.3) is 0 Å². The standard InChI is InChI=1S/C28H40NO8PSi/c1-8-39(7,28(2,3)4)37-25(27(31)34-6)19-24(26(30)33-5)29-38(32,35-20-22-15-11-9-12-16-22)36-21-23-17-13-10-14-18-23/h8-18,24-25H,1,19-21H2,2-7H3,(H,29,32). The van der Waals surface area contributed by atoms with Gasteiger partial charge < -0.3 is 13.9 Å². The van der Waals surface area contributed by atoms with Crippen molar-refractivity contribution in [2.24, 2.45) is 0 Å². The van der Waals surface area contributed by atoms with Crippen LogP contribution >= 0.6 is 7.75 Å². The van der Waals surface area contributed by atoms with Crippen molar-refractivity contribution >= 4 is 28.0 Å². The minimum atomic E-state index is -4.13. The molecule has 9 nitrogen and oxygen atoms in total.